The van der Waals surface area contributed by atoms with Crippen LogP contribution in [0.1, 0.15) is 12.8 Å². The van der Waals surface area contributed by atoms with Crippen molar-refractivity contribution in [3.63, 3.8) is 0 Å². The first-order valence-electron chi connectivity index (χ1n) is 2.50. The predicted molar refractivity (Wildman–Crippen MR) is 26.9 cm³/mol. The summed E-state index contributed by atoms with van der Waals surface area (Å²) in [5.41, 5.74) is 0. The number of hydrogen-bond acceptors (Lipinski definition) is 2. The van der Waals surface area contributed by atoms with Gasteiger partial charge in [0, 0.05) is 6.42 Å². The molecule has 1 amide bonds. The van der Waals surface area contributed by atoms with Gasteiger partial charge < -0.3 is 5.32 Å². The van der Waals surface area contributed by atoms with Crippen LogP contribution in [0.3, 0.4) is 0 Å². The Hall–Kier alpha value is -0.860. The lowest BCUT2D eigenvalue weighted by atomic mass is 10.2. The topological polar surface area (TPSA) is 46.2 Å². The van der Waals surface area contributed by atoms with E-state index in [2.05, 4.69) is 5.32 Å². The van der Waals surface area contributed by atoms with Crippen LogP contribution in [-0.4, -0.2) is 18.2 Å². The highest BCUT2D eigenvalue weighted by Crippen LogP contribution is 2.02. The summed E-state index contributed by atoms with van der Waals surface area (Å²) < 4.78 is 0. The summed E-state index contributed by atoms with van der Waals surface area (Å²) >= 11 is 0. The van der Waals surface area contributed by atoms with Crippen molar-refractivity contribution in [2.75, 3.05) is 0 Å². The first kappa shape index (κ1) is 5.28. The second kappa shape index (κ2) is 1.94. The van der Waals surface area contributed by atoms with Crippen LogP contribution in [0.2, 0.25) is 0 Å². The predicted octanol–water partition coefficient (Wildman–Crippen LogP) is -0.625. The fraction of sp³-hybridized carbons (Fsp3) is 0.600. The minimum absolute atomic E-state index is 0.0432. The van der Waals surface area contributed by atoms with Gasteiger partial charge in [0.2, 0.25) is 12.2 Å². The van der Waals surface area contributed by atoms with Gasteiger partial charge in [0.15, 0.2) is 0 Å². The fourth-order valence-electron chi connectivity index (χ4n) is 0.702. The van der Waals surface area contributed by atoms with Crippen LogP contribution in [0.15, 0.2) is 0 Å². The van der Waals surface area contributed by atoms with E-state index < -0.39 is 0 Å². The molecular weight excluding hydrogens is 106 g/mol. The van der Waals surface area contributed by atoms with Gasteiger partial charge in [-0.25, -0.2) is 0 Å². The van der Waals surface area contributed by atoms with Crippen molar-refractivity contribution in [1.82, 2.24) is 5.32 Å². The monoisotopic (exact) mass is 112 g/mol. The van der Waals surface area contributed by atoms with Crippen LogP contribution in [0.5, 0.6) is 0 Å². The van der Waals surface area contributed by atoms with Crippen LogP contribution in [-0.2, 0) is 9.59 Å². The molecule has 43 valence electrons. The fourth-order valence-corrected chi connectivity index (χ4v) is 0.702. The molecule has 0 saturated carbocycles. The van der Waals surface area contributed by atoms with E-state index in [0.29, 0.717) is 12.8 Å². The molecule has 0 spiro atoms. The largest absolute Gasteiger partial charge is 0.346 e. The highest BCUT2D eigenvalue weighted by molar-refractivity contribution is 5.83. The average molecular weight is 112 g/mol. The molecule has 1 N–H and O–H groups in total. The van der Waals surface area contributed by atoms with E-state index in [-0.39, 0.29) is 11.9 Å². The van der Waals surface area contributed by atoms with E-state index in [0.717, 1.165) is 0 Å². The molecule has 1 heterocycles. The molecule has 1 aliphatic rings. The minimum atomic E-state index is -0.331. The Morgan fingerprint density at radius 3 is 2.75 bits per heavy atom. The Kier molecular flexibility index (Phi) is 1.28. The molecule has 1 fully saturated rings. The standard InChI is InChI=1S/C5H6NO2/c7-3-4-1-2-5(8)6-4/h4H,1-2H2,(H,6,8)/t4-/m0/s1. The van der Waals surface area contributed by atoms with Gasteiger partial charge in [-0.15, -0.1) is 0 Å². The average Bonchev–Trinajstić information content (AvgIpc) is 2.14. The van der Waals surface area contributed by atoms with Crippen LogP contribution in [0, 0.1) is 0 Å². The molecule has 8 heavy (non-hydrogen) atoms. The van der Waals surface area contributed by atoms with Gasteiger partial charge >= 0.3 is 0 Å². The van der Waals surface area contributed by atoms with Crippen molar-refractivity contribution >= 4 is 12.2 Å². The number of nitrogens with one attached hydrogen (secondary N) is 1. The summed E-state index contributed by atoms with van der Waals surface area (Å²) in [6.45, 7) is 0. The molecule has 0 bridgehead atoms. The zero-order valence-corrected chi connectivity index (χ0v) is 4.31. The summed E-state index contributed by atoms with van der Waals surface area (Å²) in [5, 5.41) is 2.44. The maximum atomic E-state index is 10.3. The van der Waals surface area contributed by atoms with Gasteiger partial charge in [-0.2, -0.15) is 0 Å². The molecule has 0 aromatic heterocycles. The van der Waals surface area contributed by atoms with Crippen LogP contribution in [0.25, 0.3) is 0 Å². The summed E-state index contributed by atoms with van der Waals surface area (Å²) in [6, 6.07) is -0.331. The lowest BCUT2D eigenvalue weighted by Gasteiger charge is -1.93. The van der Waals surface area contributed by atoms with Crippen LogP contribution in [0.4, 0.5) is 0 Å². The molecule has 0 aromatic carbocycles. The van der Waals surface area contributed by atoms with E-state index >= 15 is 0 Å². The number of rotatable bonds is 1. The summed E-state index contributed by atoms with van der Waals surface area (Å²) in [7, 11) is 0. The number of carbonyl (C=O) groups is 1. The third-order valence-electron chi connectivity index (χ3n) is 1.14. The zero-order valence-electron chi connectivity index (χ0n) is 4.31. The summed E-state index contributed by atoms with van der Waals surface area (Å²) in [4.78, 5) is 20.1. The molecular formula is C5H6NO2. The summed E-state index contributed by atoms with van der Waals surface area (Å²) in [5.74, 6) is -0.0432. The Balaban J connectivity index is 2.43. The summed E-state index contributed by atoms with van der Waals surface area (Å²) in [6.07, 6.45) is 2.80. The van der Waals surface area contributed by atoms with Crippen molar-refractivity contribution in [3.05, 3.63) is 0 Å². The third-order valence-corrected chi connectivity index (χ3v) is 1.14. The quantitative estimate of drug-likeness (QED) is 0.491. The van der Waals surface area contributed by atoms with Crippen LogP contribution < -0.4 is 5.32 Å². The Morgan fingerprint density at radius 1 is 1.75 bits per heavy atom. The smallest absolute Gasteiger partial charge is 0.222 e. The Bertz CT molecular complexity index is 122. The van der Waals surface area contributed by atoms with Gasteiger partial charge in [-0.05, 0) is 6.42 Å². The number of carbonyl (C=O) groups excluding carboxylic acids is 2. The Morgan fingerprint density at radius 2 is 2.50 bits per heavy atom. The molecule has 1 radical (unpaired) electrons. The lowest BCUT2D eigenvalue weighted by Crippen LogP contribution is -2.25. The first-order valence-corrected chi connectivity index (χ1v) is 2.50. The minimum Gasteiger partial charge on any atom is -0.346 e. The van der Waals surface area contributed by atoms with Gasteiger partial charge in [-0.3, -0.25) is 9.59 Å². The molecule has 3 heteroatoms. The molecule has 1 aliphatic heterocycles. The second-order valence-electron chi connectivity index (χ2n) is 1.78. The molecule has 0 aromatic rings. The van der Waals surface area contributed by atoms with E-state index in [9.17, 15) is 9.59 Å². The van der Waals surface area contributed by atoms with E-state index in [1.165, 1.54) is 0 Å². The van der Waals surface area contributed by atoms with E-state index in [1.807, 2.05) is 0 Å². The van der Waals surface area contributed by atoms with E-state index in [1.54, 1.807) is 6.29 Å². The molecule has 3 nitrogen and oxygen atoms in total. The highest BCUT2D eigenvalue weighted by Gasteiger charge is 2.19. The maximum absolute atomic E-state index is 10.3. The zero-order chi connectivity index (χ0) is 5.98. The van der Waals surface area contributed by atoms with Gasteiger partial charge in [0.25, 0.3) is 0 Å². The third kappa shape index (κ3) is 0.857. The second-order valence-corrected chi connectivity index (χ2v) is 1.78. The molecule has 1 saturated heterocycles. The van der Waals surface area contributed by atoms with Crippen molar-refractivity contribution in [3.8, 4) is 0 Å². The maximum Gasteiger partial charge on any atom is 0.222 e. The Labute approximate surface area is 47.1 Å². The van der Waals surface area contributed by atoms with Gasteiger partial charge in [0.05, 0.1) is 6.04 Å². The molecule has 1 rings (SSSR count). The highest BCUT2D eigenvalue weighted by atomic mass is 16.2. The first-order chi connectivity index (χ1) is 3.83. The van der Waals surface area contributed by atoms with E-state index in [4.69, 9.17) is 0 Å². The van der Waals surface area contributed by atoms with Crippen molar-refractivity contribution in [1.29, 1.82) is 0 Å². The van der Waals surface area contributed by atoms with Crippen LogP contribution >= 0.6 is 0 Å². The molecule has 0 aliphatic carbocycles. The van der Waals surface area contributed by atoms with Gasteiger partial charge in [0.1, 0.15) is 0 Å². The number of amides is 1. The van der Waals surface area contributed by atoms with Crippen molar-refractivity contribution < 1.29 is 9.59 Å². The molecule has 1 atom stereocenters. The normalized spacial score (nSPS) is 27.5. The van der Waals surface area contributed by atoms with Crippen molar-refractivity contribution in [2.24, 2.45) is 0 Å². The SMILES string of the molecule is O=[C][C@@H]1CCC(=O)N1. The molecule has 0 unspecified atom stereocenters. The van der Waals surface area contributed by atoms with Gasteiger partial charge in [-0.1, -0.05) is 0 Å². The number of hydrogen-bond donors (Lipinski definition) is 1. The lowest BCUT2D eigenvalue weighted by molar-refractivity contribution is -0.119. The van der Waals surface area contributed by atoms with Crippen molar-refractivity contribution in [2.45, 2.75) is 18.9 Å².